The van der Waals surface area contributed by atoms with Crippen molar-refractivity contribution in [1.29, 1.82) is 0 Å². The van der Waals surface area contributed by atoms with Gasteiger partial charge in [0.2, 0.25) is 15.9 Å². The molecule has 44 heavy (non-hydrogen) atoms. The van der Waals surface area contributed by atoms with Crippen molar-refractivity contribution < 1.29 is 33.0 Å². The van der Waals surface area contributed by atoms with Gasteiger partial charge in [0.1, 0.15) is 0 Å². The first-order chi connectivity index (χ1) is 20.7. The molecule has 0 radical (unpaired) electrons. The van der Waals surface area contributed by atoms with Gasteiger partial charge >= 0.3 is 6.09 Å². The van der Waals surface area contributed by atoms with Crippen LogP contribution in [0.2, 0.25) is 0 Å². The van der Waals surface area contributed by atoms with E-state index < -0.39 is 45.6 Å². The van der Waals surface area contributed by atoms with Crippen LogP contribution >= 0.6 is 0 Å². The molecule has 0 aliphatic rings. The fraction of sp³-hybridized carbons (Fsp3) is 0.344. The second-order valence-electron chi connectivity index (χ2n) is 11.6. The Balaban J connectivity index is 1.80. The monoisotopic (exact) mass is 624 g/mol. The number of nitrogens with two attached hydrogens (primary N) is 1. The van der Waals surface area contributed by atoms with Gasteiger partial charge in [-0.05, 0) is 60.1 Å². The molecular weight excluding hydrogens is 584 g/mol. The minimum absolute atomic E-state index is 0.0178. The van der Waals surface area contributed by atoms with Gasteiger partial charge in [0, 0.05) is 24.6 Å². The first-order valence-corrected chi connectivity index (χ1v) is 15.7. The van der Waals surface area contributed by atoms with Crippen molar-refractivity contribution in [3.8, 4) is 0 Å². The quantitative estimate of drug-likeness (QED) is 0.150. The van der Waals surface area contributed by atoms with Gasteiger partial charge in [0.15, 0.2) is 0 Å². The number of sulfonamides is 1. The Kier molecular flexibility index (Phi) is 12.0. The Morgan fingerprint density at radius 1 is 0.841 bits per heavy atom. The number of benzene rings is 3. The predicted molar refractivity (Wildman–Crippen MR) is 166 cm³/mol. The highest BCUT2D eigenvalue weighted by Gasteiger charge is 2.29. The van der Waals surface area contributed by atoms with Crippen LogP contribution < -0.4 is 21.1 Å². The largest absolute Gasteiger partial charge is 0.465 e. The molecule has 11 nitrogen and oxygen atoms in total. The lowest BCUT2D eigenvalue weighted by atomic mass is 9.88. The van der Waals surface area contributed by atoms with Crippen LogP contribution in [0, 0.1) is 5.41 Å². The van der Waals surface area contributed by atoms with E-state index in [9.17, 15) is 27.9 Å². The van der Waals surface area contributed by atoms with E-state index in [1.165, 1.54) is 24.3 Å². The summed E-state index contributed by atoms with van der Waals surface area (Å²) in [5.41, 5.74) is 1.36. The summed E-state index contributed by atoms with van der Waals surface area (Å²) in [5.74, 6) is -0.809. The number of carbonyl (C=O) groups is 3. The molecule has 7 N–H and O–H groups in total. The highest BCUT2D eigenvalue weighted by molar-refractivity contribution is 7.89. The number of hydrogen-bond acceptors (Lipinski definition) is 6. The third-order valence-electron chi connectivity index (χ3n) is 7.10. The second kappa shape index (κ2) is 15.5. The van der Waals surface area contributed by atoms with Gasteiger partial charge in [-0.1, -0.05) is 74.5 Å². The van der Waals surface area contributed by atoms with Crippen LogP contribution in [0.15, 0.2) is 89.8 Å². The molecule has 3 aromatic carbocycles. The van der Waals surface area contributed by atoms with Crippen LogP contribution in [0.5, 0.6) is 0 Å². The lowest BCUT2D eigenvalue weighted by Gasteiger charge is -2.30. The van der Waals surface area contributed by atoms with E-state index in [0.29, 0.717) is 12.8 Å². The van der Waals surface area contributed by atoms with Gasteiger partial charge < -0.3 is 26.2 Å². The average molecular weight is 625 g/mol. The molecule has 0 saturated heterocycles. The van der Waals surface area contributed by atoms with Crippen molar-refractivity contribution in [3.05, 3.63) is 102 Å². The van der Waals surface area contributed by atoms with Crippen molar-refractivity contribution in [2.75, 3.05) is 6.54 Å². The van der Waals surface area contributed by atoms with E-state index >= 15 is 0 Å². The summed E-state index contributed by atoms with van der Waals surface area (Å²) in [5, 5.41) is 33.8. The maximum atomic E-state index is 13.2. The minimum Gasteiger partial charge on any atom is -0.465 e. The summed E-state index contributed by atoms with van der Waals surface area (Å²) in [6, 6.07) is 22.8. The van der Waals surface area contributed by atoms with Gasteiger partial charge in [0.05, 0.1) is 17.0 Å². The van der Waals surface area contributed by atoms with Gasteiger partial charge in [-0.15, -0.1) is 0 Å². The second-order valence-corrected chi connectivity index (χ2v) is 13.2. The minimum atomic E-state index is -3.92. The van der Waals surface area contributed by atoms with Crippen LogP contribution in [0.3, 0.4) is 0 Å². The Labute approximate surface area is 257 Å². The maximum Gasteiger partial charge on any atom is 0.404 e. The molecule has 3 amide bonds. The highest BCUT2D eigenvalue weighted by Crippen LogP contribution is 2.20. The fourth-order valence-electron chi connectivity index (χ4n) is 4.83. The van der Waals surface area contributed by atoms with E-state index in [4.69, 9.17) is 10.2 Å². The number of nitrogens with one attached hydrogen (secondary N) is 3. The topological polar surface area (TPSA) is 188 Å². The van der Waals surface area contributed by atoms with Crippen molar-refractivity contribution in [3.63, 3.8) is 0 Å². The summed E-state index contributed by atoms with van der Waals surface area (Å²) in [7, 11) is -3.92. The SMILES string of the molecule is CC(C)(CNC(=O)O)CC(=O)N[C@@H](Cc1ccccc1)[C@H](O)C[C@H](Cc1ccccc1)NC(=O)c1ccc(S(N)(=O)=O)cc1. The molecule has 12 heteroatoms. The molecule has 0 fully saturated rings. The number of carboxylic acid groups (broad SMARTS) is 1. The maximum absolute atomic E-state index is 13.2. The van der Waals surface area contributed by atoms with E-state index in [1.807, 2.05) is 60.7 Å². The zero-order valence-electron chi connectivity index (χ0n) is 24.8. The molecule has 0 bridgehead atoms. The van der Waals surface area contributed by atoms with Crippen molar-refractivity contribution in [2.45, 2.75) is 62.6 Å². The summed E-state index contributed by atoms with van der Waals surface area (Å²) in [6.45, 7) is 3.61. The summed E-state index contributed by atoms with van der Waals surface area (Å²) in [6.07, 6.45) is -1.43. The number of aliphatic hydroxyl groups is 1. The summed E-state index contributed by atoms with van der Waals surface area (Å²) in [4.78, 5) is 37.2. The van der Waals surface area contributed by atoms with Gasteiger partial charge in [-0.2, -0.15) is 0 Å². The van der Waals surface area contributed by atoms with E-state index in [1.54, 1.807) is 13.8 Å². The van der Waals surface area contributed by atoms with E-state index in [0.717, 1.165) is 11.1 Å². The van der Waals surface area contributed by atoms with Gasteiger partial charge in [-0.3, -0.25) is 9.59 Å². The summed E-state index contributed by atoms with van der Waals surface area (Å²) < 4.78 is 23.2. The lowest BCUT2D eigenvalue weighted by molar-refractivity contribution is -0.124. The third kappa shape index (κ3) is 11.4. The standard InChI is InChI=1S/C32H40N4O7S/c1-32(2,21-34-31(40)41)20-29(38)36-27(18-23-11-7-4-8-12-23)28(37)19-25(17-22-9-5-3-6-10-22)35-30(39)24-13-15-26(16-14-24)44(33,42)43/h3-16,25,27-28,34,37H,17-21H2,1-2H3,(H,35,39)(H,36,38)(H,40,41)(H2,33,42,43)/t25-,27-,28+/m0/s1. The molecular formula is C32H40N4O7S. The third-order valence-corrected chi connectivity index (χ3v) is 8.03. The van der Waals surface area contributed by atoms with Crippen molar-refractivity contribution in [2.24, 2.45) is 10.6 Å². The normalized spacial score (nSPS) is 13.7. The molecule has 3 atom stereocenters. The van der Waals surface area contributed by atoms with Crippen LogP contribution in [0.25, 0.3) is 0 Å². The van der Waals surface area contributed by atoms with Gasteiger partial charge in [-0.25, -0.2) is 18.4 Å². The first kappa shape index (κ1) is 34.2. The van der Waals surface area contributed by atoms with Crippen LogP contribution in [-0.2, 0) is 27.7 Å². The number of carbonyl (C=O) groups excluding carboxylic acids is 2. The number of aliphatic hydroxyl groups excluding tert-OH is 1. The Hall–Kier alpha value is -4.26. The molecule has 3 aromatic rings. The number of hydrogen-bond donors (Lipinski definition) is 6. The molecule has 0 aliphatic heterocycles. The Bertz CT molecular complexity index is 1500. The van der Waals surface area contributed by atoms with Crippen LogP contribution in [0.4, 0.5) is 4.79 Å². The molecule has 0 heterocycles. The molecule has 0 aliphatic carbocycles. The number of rotatable bonds is 15. The average Bonchev–Trinajstić information content (AvgIpc) is 2.96. The Morgan fingerprint density at radius 2 is 1.39 bits per heavy atom. The predicted octanol–water partition coefficient (Wildman–Crippen LogP) is 2.84. The van der Waals surface area contributed by atoms with Gasteiger partial charge in [0.25, 0.3) is 5.91 Å². The number of amides is 3. The van der Waals surface area contributed by atoms with E-state index in [-0.39, 0.29) is 35.8 Å². The molecule has 236 valence electrons. The summed E-state index contributed by atoms with van der Waals surface area (Å²) >= 11 is 0. The molecule has 3 rings (SSSR count). The van der Waals surface area contributed by atoms with E-state index in [2.05, 4.69) is 16.0 Å². The molecule has 0 aromatic heterocycles. The first-order valence-electron chi connectivity index (χ1n) is 14.2. The smallest absolute Gasteiger partial charge is 0.404 e. The zero-order chi connectivity index (χ0) is 32.3. The molecule has 0 unspecified atom stereocenters. The number of primary sulfonamides is 1. The lowest BCUT2D eigenvalue weighted by Crippen LogP contribution is -2.49. The highest BCUT2D eigenvalue weighted by atomic mass is 32.2. The van der Waals surface area contributed by atoms with Crippen molar-refractivity contribution >= 4 is 27.9 Å². The zero-order valence-corrected chi connectivity index (χ0v) is 25.6. The van der Waals surface area contributed by atoms with Crippen LogP contribution in [-0.4, -0.2) is 61.3 Å². The molecule has 0 spiro atoms. The Morgan fingerprint density at radius 3 is 1.91 bits per heavy atom. The molecule has 0 saturated carbocycles. The fourth-order valence-corrected chi connectivity index (χ4v) is 5.35. The van der Waals surface area contributed by atoms with Crippen molar-refractivity contribution in [1.82, 2.24) is 16.0 Å². The van der Waals surface area contributed by atoms with Crippen LogP contribution in [0.1, 0.15) is 48.2 Å².